The van der Waals surface area contributed by atoms with Crippen LogP contribution in [0.5, 0.6) is 5.75 Å². The molecule has 1 aliphatic heterocycles. The summed E-state index contributed by atoms with van der Waals surface area (Å²) in [5.74, 6) is -2.09. The molecule has 4 rings (SSSR count). The number of H-pyrrole nitrogens is 1. The maximum absolute atomic E-state index is 14.0. The predicted molar refractivity (Wildman–Crippen MR) is 109 cm³/mol. The summed E-state index contributed by atoms with van der Waals surface area (Å²) >= 11 is 0. The molecule has 2 aromatic carbocycles. The third kappa shape index (κ3) is 3.28. The monoisotopic (exact) mass is 413 g/mol. The molecule has 0 radical (unpaired) electrons. The Balaban J connectivity index is 1.49. The number of hydrogen-bond acceptors (Lipinski definition) is 3. The molecule has 1 unspecified atom stereocenters. The van der Waals surface area contributed by atoms with E-state index in [-0.39, 0.29) is 12.1 Å². The molecule has 30 heavy (non-hydrogen) atoms. The molecule has 1 aromatic heterocycles. The first-order chi connectivity index (χ1) is 14.2. The zero-order chi connectivity index (χ0) is 21.6. The molecule has 2 heterocycles. The molecule has 3 N–H and O–H groups in total. The molecule has 3 aromatic rings. The van der Waals surface area contributed by atoms with Gasteiger partial charge in [-0.1, -0.05) is 6.07 Å². The van der Waals surface area contributed by atoms with Gasteiger partial charge in [0.15, 0.2) is 0 Å². The van der Waals surface area contributed by atoms with Crippen LogP contribution in [0.1, 0.15) is 23.7 Å². The lowest BCUT2D eigenvalue weighted by Gasteiger charge is -2.33. The van der Waals surface area contributed by atoms with Crippen molar-refractivity contribution in [1.29, 1.82) is 0 Å². The largest absolute Gasteiger partial charge is 0.466 e. The van der Waals surface area contributed by atoms with Crippen LogP contribution in [0.3, 0.4) is 0 Å². The second-order valence-electron chi connectivity index (χ2n) is 7.63. The third-order valence-corrected chi connectivity index (χ3v) is 5.37. The minimum atomic E-state index is -1.73. The van der Waals surface area contributed by atoms with E-state index in [9.17, 15) is 18.4 Å². The van der Waals surface area contributed by atoms with Crippen molar-refractivity contribution in [3.05, 3.63) is 58.8 Å². The van der Waals surface area contributed by atoms with E-state index in [1.165, 1.54) is 13.0 Å². The first-order valence-corrected chi connectivity index (χ1v) is 9.54. The molecule has 156 valence electrons. The average molecular weight is 413 g/mol. The molecular weight excluding hydrogens is 392 g/mol. The van der Waals surface area contributed by atoms with Crippen molar-refractivity contribution in [3.63, 3.8) is 0 Å². The molecule has 1 atom stereocenters. The Morgan fingerprint density at radius 3 is 2.73 bits per heavy atom. The van der Waals surface area contributed by atoms with Crippen molar-refractivity contribution in [2.45, 2.75) is 32.8 Å². The highest BCUT2D eigenvalue weighted by molar-refractivity contribution is 6.15. The maximum Gasteiger partial charge on any atom is 0.278 e. The van der Waals surface area contributed by atoms with Gasteiger partial charge in [-0.2, -0.15) is 0 Å². The van der Waals surface area contributed by atoms with Crippen LogP contribution >= 0.6 is 0 Å². The van der Waals surface area contributed by atoms with Gasteiger partial charge in [-0.15, -0.1) is 0 Å². The number of aromatic nitrogens is 1. The Hall–Kier alpha value is -3.42. The number of ether oxygens (including phenoxy) is 1. The quantitative estimate of drug-likeness (QED) is 0.573. The number of anilines is 1. The highest BCUT2D eigenvalue weighted by atomic mass is 19.1. The number of aromatic amines is 1. The van der Waals surface area contributed by atoms with Crippen molar-refractivity contribution in [1.82, 2.24) is 10.3 Å². The molecular formula is C22H21F2N3O3. The number of amides is 2. The van der Waals surface area contributed by atoms with Crippen LogP contribution < -0.4 is 15.4 Å². The molecule has 0 bridgehead atoms. The second-order valence-corrected chi connectivity index (χ2v) is 7.63. The van der Waals surface area contributed by atoms with Crippen LogP contribution in [-0.4, -0.2) is 28.9 Å². The third-order valence-electron chi connectivity index (χ3n) is 5.37. The fraction of sp³-hybridized carbons (Fsp3) is 0.273. The van der Waals surface area contributed by atoms with Gasteiger partial charge in [0.2, 0.25) is 0 Å². The average Bonchev–Trinajstić information content (AvgIpc) is 2.99. The van der Waals surface area contributed by atoms with Gasteiger partial charge in [-0.3, -0.25) is 9.59 Å². The maximum atomic E-state index is 14.0. The Morgan fingerprint density at radius 1 is 1.20 bits per heavy atom. The normalized spacial score (nSPS) is 18.0. The molecule has 6 nitrogen and oxygen atoms in total. The van der Waals surface area contributed by atoms with Gasteiger partial charge < -0.3 is 20.4 Å². The van der Waals surface area contributed by atoms with Gasteiger partial charge in [0.25, 0.3) is 17.4 Å². The number of nitrogens with one attached hydrogen (secondary N) is 3. The summed E-state index contributed by atoms with van der Waals surface area (Å²) in [6.45, 7) is 5.21. The van der Waals surface area contributed by atoms with Crippen LogP contribution in [0.25, 0.3) is 10.9 Å². The number of halogens is 2. The smallest absolute Gasteiger partial charge is 0.278 e. The van der Waals surface area contributed by atoms with Crippen LogP contribution in [-0.2, 0) is 16.0 Å². The lowest BCUT2D eigenvalue weighted by atomic mass is 10.0. The van der Waals surface area contributed by atoms with E-state index in [4.69, 9.17) is 4.74 Å². The first-order valence-electron chi connectivity index (χ1n) is 9.54. The fourth-order valence-electron chi connectivity index (χ4n) is 3.68. The van der Waals surface area contributed by atoms with E-state index >= 15 is 0 Å². The highest BCUT2D eigenvalue weighted by Gasteiger charge is 2.47. The van der Waals surface area contributed by atoms with Gasteiger partial charge in [0.1, 0.15) is 17.4 Å². The summed E-state index contributed by atoms with van der Waals surface area (Å²) in [5, 5.41) is 5.84. The molecule has 2 amide bonds. The molecule has 1 aliphatic rings. The molecule has 0 aliphatic carbocycles. The highest BCUT2D eigenvalue weighted by Crippen LogP contribution is 2.34. The number of rotatable bonds is 4. The summed E-state index contributed by atoms with van der Waals surface area (Å²) < 4.78 is 33.3. The van der Waals surface area contributed by atoms with E-state index in [1.807, 2.05) is 13.0 Å². The zero-order valence-corrected chi connectivity index (χ0v) is 16.8. The Morgan fingerprint density at radius 2 is 1.97 bits per heavy atom. The summed E-state index contributed by atoms with van der Waals surface area (Å²) in [6.07, 6.45) is 0.327. The van der Waals surface area contributed by atoms with Crippen molar-refractivity contribution >= 4 is 28.4 Å². The second kappa shape index (κ2) is 7.12. The van der Waals surface area contributed by atoms with Gasteiger partial charge in [-0.25, -0.2) is 8.78 Å². The van der Waals surface area contributed by atoms with Crippen LogP contribution in [0, 0.1) is 25.5 Å². The van der Waals surface area contributed by atoms with Crippen LogP contribution in [0.4, 0.5) is 14.5 Å². The van der Waals surface area contributed by atoms with Crippen molar-refractivity contribution in [2.24, 2.45) is 0 Å². The van der Waals surface area contributed by atoms with Gasteiger partial charge in [0.05, 0.1) is 11.2 Å². The van der Waals surface area contributed by atoms with Crippen molar-refractivity contribution in [2.75, 3.05) is 11.9 Å². The lowest BCUT2D eigenvalue weighted by Crippen LogP contribution is -2.58. The van der Waals surface area contributed by atoms with Gasteiger partial charge in [-0.05, 0) is 56.5 Å². The van der Waals surface area contributed by atoms with E-state index < -0.39 is 29.0 Å². The predicted octanol–water partition coefficient (Wildman–Crippen LogP) is 3.51. The fourth-order valence-corrected chi connectivity index (χ4v) is 3.68. The number of aryl methyl sites for hydroxylation is 2. The Kier molecular flexibility index (Phi) is 4.72. The van der Waals surface area contributed by atoms with Crippen LogP contribution in [0.15, 0.2) is 30.3 Å². The molecule has 0 saturated carbocycles. The lowest BCUT2D eigenvalue weighted by molar-refractivity contribution is -0.146. The number of hydrogen-bond donors (Lipinski definition) is 3. The SMILES string of the molecule is Cc1ccc2c(c1)NC(=O)C(C)(C(=O)NCCc1c(C)[nH]c3c(F)cc(F)cc13)O2. The summed E-state index contributed by atoms with van der Waals surface area (Å²) in [6, 6.07) is 7.38. The standard InChI is InChI=1S/C22H21F2N3O3/c1-11-4-5-18-17(8-11)27-21(29)22(3,30-18)20(28)25-7-6-14-12(2)26-19-15(14)9-13(23)10-16(19)24/h4-5,8-10,26H,6-7H2,1-3H3,(H,25,28)(H,27,29). The molecule has 0 saturated heterocycles. The Bertz CT molecular complexity index is 1190. The molecule has 8 heteroatoms. The first kappa shape index (κ1) is 19.9. The zero-order valence-electron chi connectivity index (χ0n) is 16.8. The number of fused-ring (bicyclic) bond motifs is 2. The minimum Gasteiger partial charge on any atom is -0.466 e. The van der Waals surface area contributed by atoms with Crippen molar-refractivity contribution < 1.29 is 23.1 Å². The van der Waals surface area contributed by atoms with Crippen molar-refractivity contribution in [3.8, 4) is 5.75 Å². The summed E-state index contributed by atoms with van der Waals surface area (Å²) in [7, 11) is 0. The summed E-state index contributed by atoms with van der Waals surface area (Å²) in [4.78, 5) is 28.2. The van der Waals surface area contributed by atoms with E-state index in [0.29, 0.717) is 34.5 Å². The van der Waals surface area contributed by atoms with Gasteiger partial charge in [0, 0.05) is 23.7 Å². The minimum absolute atomic E-state index is 0.164. The topological polar surface area (TPSA) is 83.2 Å². The number of carbonyl (C=O) groups is 2. The Labute approximate surface area is 171 Å². The van der Waals surface area contributed by atoms with E-state index in [2.05, 4.69) is 15.6 Å². The van der Waals surface area contributed by atoms with Crippen LogP contribution in [0.2, 0.25) is 0 Å². The van der Waals surface area contributed by atoms with E-state index in [0.717, 1.165) is 11.6 Å². The molecule has 0 fully saturated rings. The number of benzene rings is 2. The molecule has 0 spiro atoms. The summed E-state index contributed by atoms with van der Waals surface area (Å²) in [5.41, 5.74) is 1.35. The van der Waals surface area contributed by atoms with E-state index in [1.54, 1.807) is 19.1 Å². The van der Waals surface area contributed by atoms with Gasteiger partial charge >= 0.3 is 0 Å². The number of carbonyl (C=O) groups excluding carboxylic acids is 2.